The van der Waals surface area contributed by atoms with Gasteiger partial charge >= 0.3 is 19.8 Å². The van der Waals surface area contributed by atoms with Crippen molar-refractivity contribution in [1.29, 1.82) is 0 Å². The second-order valence-electron chi connectivity index (χ2n) is 17.1. The number of phosphoric acid groups is 1. The summed E-state index contributed by atoms with van der Waals surface area (Å²) in [6.45, 7) is 3.88. The van der Waals surface area contributed by atoms with Gasteiger partial charge in [-0.25, -0.2) is 4.57 Å². The monoisotopic (exact) mass is 835 g/mol. The zero-order chi connectivity index (χ0) is 42.5. The maximum Gasteiger partial charge on any atom is 0.472 e. The van der Waals surface area contributed by atoms with Crippen LogP contribution in [0, 0.1) is 11.8 Å². The van der Waals surface area contributed by atoms with E-state index in [9.17, 15) is 39.2 Å². The molecule has 14 heteroatoms. The lowest BCUT2D eigenvalue weighted by molar-refractivity contribution is -0.870. The number of aliphatic hydroxyl groups is 3. The third-order valence-electron chi connectivity index (χ3n) is 10.5. The lowest BCUT2D eigenvalue weighted by atomic mass is 9.87. The molecule has 13 nitrogen and oxygen atoms in total. The van der Waals surface area contributed by atoms with Crippen molar-refractivity contribution in [2.75, 3.05) is 47.5 Å². The lowest BCUT2D eigenvalue weighted by Gasteiger charge is -2.24. The molecule has 0 spiro atoms. The summed E-state index contributed by atoms with van der Waals surface area (Å²) in [6.07, 6.45) is 18.9. The van der Waals surface area contributed by atoms with E-state index in [2.05, 4.69) is 13.8 Å². The Hall–Kier alpha value is -1.70. The fourth-order valence-corrected chi connectivity index (χ4v) is 7.69. The summed E-state index contributed by atoms with van der Waals surface area (Å²) in [5, 5.41) is 31.3. The van der Waals surface area contributed by atoms with E-state index >= 15 is 0 Å². The van der Waals surface area contributed by atoms with Crippen LogP contribution in [-0.4, -0.2) is 114 Å². The molecular formula is C43H81NO12P+. The molecule has 1 fully saturated rings. The van der Waals surface area contributed by atoms with Crippen LogP contribution in [0.1, 0.15) is 162 Å². The van der Waals surface area contributed by atoms with E-state index in [0.29, 0.717) is 36.7 Å². The minimum Gasteiger partial charge on any atom is -0.462 e. The molecule has 0 radical (unpaired) electrons. The van der Waals surface area contributed by atoms with E-state index in [1.165, 1.54) is 51.4 Å². The number of nitrogens with zero attached hydrogens (tertiary/aromatic N) is 1. The topological polar surface area (TPSA) is 186 Å². The molecule has 0 bridgehead atoms. The summed E-state index contributed by atoms with van der Waals surface area (Å²) < 4.78 is 34.1. The van der Waals surface area contributed by atoms with Gasteiger partial charge in [-0.2, -0.15) is 0 Å². The molecule has 0 aromatic heterocycles. The number of ether oxygens (including phenoxy) is 2. The molecule has 1 saturated carbocycles. The van der Waals surface area contributed by atoms with Crippen molar-refractivity contribution in [2.45, 2.75) is 186 Å². The first kappa shape index (κ1) is 53.3. The number of ketones is 1. The Labute approximate surface area is 344 Å². The molecule has 0 amide bonds. The summed E-state index contributed by atoms with van der Waals surface area (Å²) >= 11 is 0. The van der Waals surface area contributed by atoms with Crippen molar-refractivity contribution < 1.29 is 62.2 Å². The van der Waals surface area contributed by atoms with E-state index in [4.69, 9.17) is 18.5 Å². The van der Waals surface area contributed by atoms with Gasteiger partial charge in [0, 0.05) is 43.9 Å². The predicted molar refractivity (Wildman–Crippen MR) is 222 cm³/mol. The fraction of sp³-hybridized carbons (Fsp3) is 0.884. The van der Waals surface area contributed by atoms with Crippen LogP contribution in [0.2, 0.25) is 0 Å². The highest BCUT2D eigenvalue weighted by Gasteiger charge is 2.41. The van der Waals surface area contributed by atoms with Crippen LogP contribution in [-0.2, 0) is 37.5 Å². The van der Waals surface area contributed by atoms with Gasteiger partial charge in [0.05, 0.1) is 46.1 Å². The molecule has 1 aliphatic rings. The Morgan fingerprint density at radius 1 is 0.737 bits per heavy atom. The zero-order valence-corrected chi connectivity index (χ0v) is 37.1. The number of carbonyl (C=O) groups is 3. The smallest absolute Gasteiger partial charge is 0.462 e. The van der Waals surface area contributed by atoms with Gasteiger partial charge in [0.15, 0.2) is 6.10 Å². The fourth-order valence-electron chi connectivity index (χ4n) is 6.95. The Bertz CT molecular complexity index is 1160. The second kappa shape index (κ2) is 31.2. The number of phosphoric ester groups is 1. The largest absolute Gasteiger partial charge is 0.472 e. The third-order valence-corrected chi connectivity index (χ3v) is 11.5. The van der Waals surface area contributed by atoms with Crippen molar-refractivity contribution in [3.8, 4) is 0 Å². The Balaban J connectivity index is 2.53. The van der Waals surface area contributed by atoms with Crippen molar-refractivity contribution >= 4 is 25.5 Å². The van der Waals surface area contributed by atoms with Crippen LogP contribution in [0.15, 0.2) is 12.2 Å². The maximum absolute atomic E-state index is 12.8. The highest BCUT2D eigenvalue weighted by atomic mass is 31.2. The highest BCUT2D eigenvalue weighted by molar-refractivity contribution is 7.47. The van der Waals surface area contributed by atoms with Gasteiger partial charge in [0.2, 0.25) is 0 Å². The molecule has 7 atom stereocenters. The van der Waals surface area contributed by atoms with E-state index in [0.717, 1.165) is 38.5 Å². The second-order valence-corrected chi connectivity index (χ2v) is 18.5. The first-order valence-electron chi connectivity index (χ1n) is 22.1. The molecule has 0 aromatic carbocycles. The quantitative estimate of drug-likeness (QED) is 0.0158. The summed E-state index contributed by atoms with van der Waals surface area (Å²) in [4.78, 5) is 48.3. The van der Waals surface area contributed by atoms with Crippen LogP contribution in [0.5, 0.6) is 0 Å². The standard InChI is InChI=1S/C43H80NO12P/c1-6-8-10-11-12-13-14-15-16-17-18-20-26-43(50)56-37(34-55-57(51,52)54-30-29-44(3,4)5)33-53-42(49)25-22-21-24-36(46)31-39-38(40(47)32-41(39)48)28-27-35(45)23-19-9-7-2/h27-28,35,37-41,45,47-48H,6-26,29-34H2,1-5H3/p+1/b28-27+/t35-,37+,38+,39+,40+,41-/m0/s1. The number of unbranched alkanes of at least 4 members (excludes halogenated alkanes) is 14. The molecule has 57 heavy (non-hydrogen) atoms. The summed E-state index contributed by atoms with van der Waals surface area (Å²) in [5.41, 5.74) is 0. The molecule has 0 saturated heterocycles. The van der Waals surface area contributed by atoms with Gasteiger partial charge in [-0.15, -0.1) is 0 Å². The summed E-state index contributed by atoms with van der Waals surface area (Å²) in [7, 11) is 1.28. The SMILES string of the molecule is CCCCCCCCCCCCCCC(=O)O[C@H](COC(=O)CCCCC(=O)C[C@@H]1[C@@H](/C=C/[C@@H](O)CCCCC)[C@H](O)C[C@@H]1O)COP(=O)(O)OCC[N+](C)(C)C. The molecule has 1 rings (SSSR count). The number of likely N-dealkylation sites (N-methyl/N-ethyl adjacent to an activating group) is 1. The average molecular weight is 835 g/mol. The molecule has 1 unspecified atom stereocenters. The number of hydrogen-bond acceptors (Lipinski definition) is 11. The van der Waals surface area contributed by atoms with Gasteiger partial charge in [0.1, 0.15) is 25.5 Å². The molecule has 0 heterocycles. The molecule has 0 aliphatic heterocycles. The van der Waals surface area contributed by atoms with Crippen LogP contribution in [0.3, 0.4) is 0 Å². The average Bonchev–Trinajstić information content (AvgIpc) is 3.40. The number of Topliss-reactive ketones (excluding diaryl/α,β-unsaturated/α-hetero) is 1. The van der Waals surface area contributed by atoms with Crippen LogP contribution in [0.25, 0.3) is 0 Å². The number of rotatable bonds is 36. The Kier molecular flexibility index (Phi) is 29.2. The number of aliphatic hydroxyl groups excluding tert-OH is 3. The van der Waals surface area contributed by atoms with Crippen molar-refractivity contribution in [2.24, 2.45) is 11.8 Å². The molecule has 0 aromatic rings. The summed E-state index contributed by atoms with van der Waals surface area (Å²) in [5.74, 6) is -2.05. The van der Waals surface area contributed by atoms with E-state index in [1.54, 1.807) is 12.2 Å². The van der Waals surface area contributed by atoms with Crippen LogP contribution >= 0.6 is 7.82 Å². The van der Waals surface area contributed by atoms with Gasteiger partial charge in [0.25, 0.3) is 0 Å². The first-order chi connectivity index (χ1) is 27.1. The zero-order valence-electron chi connectivity index (χ0n) is 36.2. The van der Waals surface area contributed by atoms with Crippen LogP contribution < -0.4 is 0 Å². The van der Waals surface area contributed by atoms with Crippen molar-refractivity contribution in [1.82, 2.24) is 0 Å². The molecule has 4 N–H and O–H groups in total. The van der Waals surface area contributed by atoms with Gasteiger partial charge in [-0.3, -0.25) is 23.4 Å². The molecular weight excluding hydrogens is 753 g/mol. The highest BCUT2D eigenvalue weighted by Crippen LogP contribution is 2.43. The van der Waals surface area contributed by atoms with E-state index < -0.39 is 62.6 Å². The molecule has 334 valence electrons. The van der Waals surface area contributed by atoms with Crippen LogP contribution in [0.4, 0.5) is 0 Å². The number of hydrogen-bond donors (Lipinski definition) is 4. The minimum absolute atomic E-state index is 0.00632. The third kappa shape index (κ3) is 28.4. The van der Waals surface area contributed by atoms with E-state index in [-0.39, 0.29) is 51.1 Å². The Morgan fingerprint density at radius 3 is 1.89 bits per heavy atom. The Morgan fingerprint density at radius 2 is 1.28 bits per heavy atom. The van der Waals surface area contributed by atoms with Crippen molar-refractivity contribution in [3.05, 3.63) is 12.2 Å². The number of quaternary nitrogens is 1. The maximum atomic E-state index is 12.8. The van der Waals surface area contributed by atoms with Gasteiger partial charge in [-0.05, 0) is 25.7 Å². The molecule has 1 aliphatic carbocycles. The van der Waals surface area contributed by atoms with Crippen molar-refractivity contribution in [3.63, 3.8) is 0 Å². The lowest BCUT2D eigenvalue weighted by Crippen LogP contribution is -2.37. The van der Waals surface area contributed by atoms with Gasteiger partial charge in [-0.1, -0.05) is 116 Å². The number of esters is 2. The minimum atomic E-state index is -4.46. The normalized spacial score (nSPS) is 20.7. The van der Waals surface area contributed by atoms with Gasteiger partial charge < -0.3 is 34.2 Å². The first-order valence-corrected chi connectivity index (χ1v) is 23.6. The summed E-state index contributed by atoms with van der Waals surface area (Å²) in [6, 6.07) is 0. The number of carbonyl (C=O) groups excluding carboxylic acids is 3. The van der Waals surface area contributed by atoms with E-state index in [1.807, 2.05) is 21.1 Å². The predicted octanol–water partition coefficient (Wildman–Crippen LogP) is 7.75.